The molecule has 0 fully saturated rings. The molecular weight excluding hydrogens is 238 g/mol. The Kier molecular flexibility index (Phi) is 6.01. The zero-order valence-corrected chi connectivity index (χ0v) is 11.3. The van der Waals surface area contributed by atoms with Gasteiger partial charge in [-0.2, -0.15) is 0 Å². The molecule has 1 unspecified atom stereocenters. The normalized spacial score (nSPS) is 17.5. The minimum absolute atomic E-state index is 0.0916. The van der Waals surface area contributed by atoms with Gasteiger partial charge in [0.05, 0.1) is 13.2 Å². The van der Waals surface area contributed by atoms with Crippen LogP contribution in [-0.2, 0) is 18.0 Å². The van der Waals surface area contributed by atoms with Crippen molar-refractivity contribution in [3.63, 3.8) is 0 Å². The van der Waals surface area contributed by atoms with Crippen LogP contribution in [0.25, 0.3) is 0 Å². The quantitative estimate of drug-likeness (QED) is 0.583. The van der Waals surface area contributed by atoms with Gasteiger partial charge in [-0.1, -0.05) is 6.08 Å². The van der Waals surface area contributed by atoms with Gasteiger partial charge >= 0.3 is 7.60 Å². The summed E-state index contributed by atoms with van der Waals surface area (Å²) in [5.74, 6) is 0. The van der Waals surface area contributed by atoms with Gasteiger partial charge in [-0.3, -0.25) is 13.4 Å². The minimum Gasteiger partial charge on any atom is -0.392 e. The van der Waals surface area contributed by atoms with E-state index in [1.165, 1.54) is 26.1 Å². The largest absolute Gasteiger partial charge is 0.392 e. The van der Waals surface area contributed by atoms with Gasteiger partial charge in [0.1, 0.15) is 0 Å². The topological polar surface area (TPSA) is 72.8 Å². The number of hydrogen-bond acceptors (Lipinski definition) is 5. The number of hydrogen-bond donors (Lipinski definition) is 1. The summed E-state index contributed by atoms with van der Waals surface area (Å²) < 4.78 is 32.8. The van der Waals surface area contributed by atoms with Crippen LogP contribution in [0.5, 0.6) is 0 Å². The van der Waals surface area contributed by atoms with Crippen molar-refractivity contribution in [1.82, 2.24) is 0 Å². The molecule has 0 aliphatic heterocycles. The van der Waals surface area contributed by atoms with E-state index in [9.17, 15) is 9.13 Å². The lowest BCUT2D eigenvalue weighted by Crippen LogP contribution is -1.97. The Bertz CT molecular complexity index is 317. The molecule has 0 aliphatic rings. The Morgan fingerprint density at radius 3 is 2.27 bits per heavy atom. The van der Waals surface area contributed by atoms with E-state index in [0.29, 0.717) is 0 Å². The summed E-state index contributed by atoms with van der Waals surface area (Å²) in [6, 6.07) is 0. The van der Waals surface area contributed by atoms with Crippen molar-refractivity contribution in [2.45, 2.75) is 6.92 Å². The van der Waals surface area contributed by atoms with Gasteiger partial charge in [0, 0.05) is 20.0 Å². The molecule has 0 saturated heterocycles. The standard InChI is InChI=1S/C8H18O5P2/c1-8(5-6-9)7-12-15(4,11)13-14(2,3)10/h5,9H,6-7H2,1-4H3/b8-5-. The molecule has 0 saturated carbocycles. The predicted molar refractivity (Wildman–Crippen MR) is 60.9 cm³/mol. The van der Waals surface area contributed by atoms with Crippen LogP contribution in [0.4, 0.5) is 0 Å². The van der Waals surface area contributed by atoms with Gasteiger partial charge in [0.2, 0.25) is 7.37 Å². The smallest absolute Gasteiger partial charge is 0.333 e. The van der Waals surface area contributed by atoms with Crippen LogP contribution in [-0.4, -0.2) is 38.3 Å². The maximum atomic E-state index is 11.6. The van der Waals surface area contributed by atoms with Gasteiger partial charge < -0.3 is 9.63 Å². The van der Waals surface area contributed by atoms with Crippen molar-refractivity contribution >= 4 is 15.0 Å². The average molecular weight is 256 g/mol. The highest BCUT2D eigenvalue weighted by atomic mass is 31.3. The van der Waals surface area contributed by atoms with Gasteiger partial charge in [0.25, 0.3) is 0 Å². The average Bonchev–Trinajstić information content (AvgIpc) is 1.97. The Morgan fingerprint density at radius 2 is 1.87 bits per heavy atom. The highest BCUT2D eigenvalue weighted by Crippen LogP contribution is 2.58. The molecular formula is C8H18O5P2. The molecule has 0 aliphatic carbocycles. The van der Waals surface area contributed by atoms with Gasteiger partial charge in [-0.25, -0.2) is 0 Å². The van der Waals surface area contributed by atoms with Crippen LogP contribution in [0, 0.1) is 0 Å². The molecule has 15 heavy (non-hydrogen) atoms. The Hall–Kier alpha value is 0.0800. The Balaban J connectivity index is 4.23. The van der Waals surface area contributed by atoms with E-state index in [1.54, 1.807) is 6.92 Å². The van der Waals surface area contributed by atoms with Crippen LogP contribution >= 0.6 is 15.0 Å². The molecule has 0 aromatic heterocycles. The van der Waals surface area contributed by atoms with E-state index in [4.69, 9.17) is 13.9 Å². The van der Waals surface area contributed by atoms with Crippen molar-refractivity contribution < 1.29 is 23.1 Å². The molecule has 0 rings (SSSR count). The third-order valence-electron chi connectivity index (χ3n) is 1.31. The fraction of sp³-hybridized carbons (Fsp3) is 0.750. The van der Waals surface area contributed by atoms with Gasteiger partial charge in [-0.05, 0) is 12.5 Å². The SMILES string of the molecule is C/C(=C/CO)COP(C)(=O)OP(C)(C)=O. The summed E-state index contributed by atoms with van der Waals surface area (Å²) >= 11 is 0. The first kappa shape index (κ1) is 15.1. The lowest BCUT2D eigenvalue weighted by molar-refractivity contribution is 0.290. The van der Waals surface area contributed by atoms with Crippen molar-refractivity contribution in [3.05, 3.63) is 11.6 Å². The van der Waals surface area contributed by atoms with E-state index in [1.807, 2.05) is 0 Å². The summed E-state index contributed by atoms with van der Waals surface area (Å²) in [4.78, 5) is 0. The van der Waals surface area contributed by atoms with Gasteiger partial charge in [0.15, 0.2) is 0 Å². The summed E-state index contributed by atoms with van der Waals surface area (Å²) in [5.41, 5.74) is 0.741. The molecule has 90 valence electrons. The van der Waals surface area contributed by atoms with Crippen LogP contribution in [0.3, 0.4) is 0 Å². The first-order valence-corrected chi connectivity index (χ1v) is 8.92. The van der Waals surface area contributed by atoms with E-state index in [0.717, 1.165) is 5.57 Å². The lowest BCUT2D eigenvalue weighted by atomic mass is 10.3. The number of rotatable bonds is 6. The van der Waals surface area contributed by atoms with Crippen LogP contribution in [0.2, 0.25) is 0 Å². The second-order valence-corrected chi connectivity index (χ2v) is 8.57. The molecule has 0 aromatic rings. The third kappa shape index (κ3) is 9.04. The molecule has 0 amide bonds. The summed E-state index contributed by atoms with van der Waals surface area (Å²) in [6.07, 6.45) is 1.54. The van der Waals surface area contributed by atoms with Crippen LogP contribution in [0.15, 0.2) is 11.6 Å². The molecule has 0 radical (unpaired) electrons. The molecule has 0 spiro atoms. The molecule has 0 bridgehead atoms. The third-order valence-corrected chi connectivity index (χ3v) is 4.67. The minimum atomic E-state index is -3.28. The molecule has 0 aromatic carbocycles. The fourth-order valence-corrected chi connectivity index (χ4v) is 4.30. The van der Waals surface area contributed by atoms with Crippen LogP contribution in [0.1, 0.15) is 6.92 Å². The molecule has 1 N–H and O–H groups in total. The lowest BCUT2D eigenvalue weighted by Gasteiger charge is -2.16. The highest BCUT2D eigenvalue weighted by molar-refractivity contribution is 7.68. The number of aliphatic hydroxyl groups excluding tert-OH is 1. The van der Waals surface area contributed by atoms with Crippen molar-refractivity contribution in [2.24, 2.45) is 0 Å². The Labute approximate surface area is 90.5 Å². The molecule has 7 heteroatoms. The second kappa shape index (κ2) is 5.97. The summed E-state index contributed by atoms with van der Waals surface area (Å²) in [7, 11) is -6.10. The number of aliphatic hydroxyl groups is 1. The van der Waals surface area contributed by atoms with Crippen molar-refractivity contribution in [2.75, 3.05) is 33.2 Å². The predicted octanol–water partition coefficient (Wildman–Crippen LogP) is 2.32. The molecule has 0 heterocycles. The summed E-state index contributed by atoms with van der Waals surface area (Å²) in [6.45, 7) is 5.76. The second-order valence-electron chi connectivity index (χ2n) is 3.61. The fourth-order valence-electron chi connectivity index (χ4n) is 0.815. The van der Waals surface area contributed by atoms with Crippen molar-refractivity contribution in [3.8, 4) is 0 Å². The Morgan fingerprint density at radius 1 is 1.33 bits per heavy atom. The van der Waals surface area contributed by atoms with E-state index in [-0.39, 0.29) is 13.2 Å². The van der Waals surface area contributed by atoms with Crippen LogP contribution < -0.4 is 0 Å². The maximum absolute atomic E-state index is 11.6. The van der Waals surface area contributed by atoms with Crippen molar-refractivity contribution in [1.29, 1.82) is 0 Å². The monoisotopic (exact) mass is 256 g/mol. The van der Waals surface area contributed by atoms with E-state index >= 15 is 0 Å². The first-order valence-electron chi connectivity index (χ1n) is 4.41. The zero-order valence-electron chi connectivity index (χ0n) is 9.47. The van der Waals surface area contributed by atoms with E-state index in [2.05, 4.69) is 0 Å². The summed E-state index contributed by atoms with van der Waals surface area (Å²) in [5, 5.41) is 8.58. The zero-order chi connectivity index (χ0) is 12.1. The highest BCUT2D eigenvalue weighted by Gasteiger charge is 2.24. The first-order chi connectivity index (χ1) is 6.66. The molecule has 1 atom stereocenters. The van der Waals surface area contributed by atoms with E-state index < -0.39 is 15.0 Å². The van der Waals surface area contributed by atoms with Gasteiger partial charge in [-0.15, -0.1) is 0 Å². The maximum Gasteiger partial charge on any atom is 0.333 e. The molecule has 5 nitrogen and oxygen atoms in total.